The monoisotopic (exact) mass is 290 g/mol. The molecule has 0 atom stereocenters. The number of hydrogen-bond donors (Lipinski definition) is 0. The second kappa shape index (κ2) is 8.73. The molecule has 0 heterocycles. The number of azo groups is 1. The molecule has 2 aromatic carbocycles. The highest BCUT2D eigenvalue weighted by atomic mass is 15.1. The number of allylic oxidation sites excluding steroid dienone is 2. The van der Waals surface area contributed by atoms with E-state index >= 15 is 0 Å². The van der Waals surface area contributed by atoms with Crippen molar-refractivity contribution in [3.05, 3.63) is 96.1 Å². The SMILES string of the molecule is C=CCc1ccccc1CN=NCc1ccccc1CC=C. The van der Waals surface area contributed by atoms with E-state index in [4.69, 9.17) is 0 Å². The van der Waals surface area contributed by atoms with Gasteiger partial charge in [-0.15, -0.1) is 13.2 Å². The number of nitrogens with zero attached hydrogens (tertiary/aromatic N) is 2. The third-order valence-corrected chi connectivity index (χ3v) is 3.55. The minimum atomic E-state index is 0.619. The zero-order valence-electron chi connectivity index (χ0n) is 12.9. The van der Waals surface area contributed by atoms with Gasteiger partial charge in [0.1, 0.15) is 0 Å². The molecule has 2 nitrogen and oxygen atoms in total. The highest BCUT2D eigenvalue weighted by Gasteiger charge is 2.00. The number of rotatable bonds is 8. The topological polar surface area (TPSA) is 24.7 Å². The lowest BCUT2D eigenvalue weighted by molar-refractivity contribution is 0.839. The molecule has 0 aliphatic rings. The third-order valence-electron chi connectivity index (χ3n) is 3.55. The zero-order valence-corrected chi connectivity index (χ0v) is 12.9. The summed E-state index contributed by atoms with van der Waals surface area (Å²) in [5.74, 6) is 0. The van der Waals surface area contributed by atoms with Crippen LogP contribution in [0.1, 0.15) is 22.3 Å². The summed E-state index contributed by atoms with van der Waals surface area (Å²) in [6.45, 7) is 8.83. The maximum atomic E-state index is 4.35. The molecule has 0 spiro atoms. The molecule has 0 bridgehead atoms. The second-order valence-corrected chi connectivity index (χ2v) is 5.12. The van der Waals surface area contributed by atoms with Gasteiger partial charge in [0.15, 0.2) is 0 Å². The normalized spacial score (nSPS) is 10.7. The van der Waals surface area contributed by atoms with Crippen molar-refractivity contribution in [2.45, 2.75) is 25.9 Å². The standard InChI is InChI=1S/C20H22N2/c1-3-9-17-11-5-7-13-19(17)15-21-22-16-20-14-8-6-12-18(20)10-4-2/h3-8,11-14H,1-2,9-10,15-16H2. The van der Waals surface area contributed by atoms with Gasteiger partial charge in [0.25, 0.3) is 0 Å². The van der Waals surface area contributed by atoms with E-state index in [0.717, 1.165) is 12.8 Å². The molecule has 0 aliphatic heterocycles. The van der Waals surface area contributed by atoms with Crippen molar-refractivity contribution < 1.29 is 0 Å². The van der Waals surface area contributed by atoms with Crippen molar-refractivity contribution >= 4 is 0 Å². The Morgan fingerprint density at radius 1 is 0.636 bits per heavy atom. The summed E-state index contributed by atoms with van der Waals surface area (Å²) >= 11 is 0. The van der Waals surface area contributed by atoms with Gasteiger partial charge in [-0.25, -0.2) is 0 Å². The van der Waals surface area contributed by atoms with Gasteiger partial charge < -0.3 is 0 Å². The first-order valence-corrected chi connectivity index (χ1v) is 7.53. The van der Waals surface area contributed by atoms with Crippen LogP contribution >= 0.6 is 0 Å². The number of benzene rings is 2. The van der Waals surface area contributed by atoms with Gasteiger partial charge in [0.05, 0.1) is 13.1 Å². The van der Waals surface area contributed by atoms with Gasteiger partial charge in [-0.3, -0.25) is 0 Å². The Balaban J connectivity index is 1.99. The summed E-state index contributed by atoms with van der Waals surface area (Å²) in [4.78, 5) is 0. The summed E-state index contributed by atoms with van der Waals surface area (Å²) in [5.41, 5.74) is 4.96. The van der Waals surface area contributed by atoms with Crippen LogP contribution in [0.5, 0.6) is 0 Å². The van der Waals surface area contributed by atoms with Crippen molar-refractivity contribution in [3.63, 3.8) is 0 Å². The van der Waals surface area contributed by atoms with Crippen LogP contribution in [0.15, 0.2) is 84.1 Å². The first-order valence-electron chi connectivity index (χ1n) is 7.53. The highest BCUT2D eigenvalue weighted by Crippen LogP contribution is 2.14. The quantitative estimate of drug-likeness (QED) is 0.466. The molecule has 112 valence electrons. The van der Waals surface area contributed by atoms with Gasteiger partial charge >= 0.3 is 0 Å². The van der Waals surface area contributed by atoms with E-state index in [9.17, 15) is 0 Å². The summed E-state index contributed by atoms with van der Waals surface area (Å²) in [7, 11) is 0. The molecular formula is C20H22N2. The highest BCUT2D eigenvalue weighted by molar-refractivity contribution is 5.29. The molecule has 0 radical (unpaired) electrons. The average Bonchev–Trinajstić information content (AvgIpc) is 2.55. The van der Waals surface area contributed by atoms with Crippen molar-refractivity contribution in [3.8, 4) is 0 Å². The Morgan fingerprint density at radius 3 is 1.36 bits per heavy atom. The molecule has 0 aromatic heterocycles. The minimum absolute atomic E-state index is 0.619. The maximum absolute atomic E-state index is 4.35. The molecule has 0 N–H and O–H groups in total. The van der Waals surface area contributed by atoms with Gasteiger partial charge in [-0.1, -0.05) is 60.7 Å². The van der Waals surface area contributed by atoms with Gasteiger partial charge in [0, 0.05) is 0 Å². The lowest BCUT2D eigenvalue weighted by Gasteiger charge is -2.05. The molecule has 2 heteroatoms. The van der Waals surface area contributed by atoms with Crippen LogP contribution in [-0.4, -0.2) is 0 Å². The Labute approximate surface area is 132 Å². The lowest BCUT2D eigenvalue weighted by Crippen LogP contribution is -1.92. The van der Waals surface area contributed by atoms with Gasteiger partial charge in [-0.2, -0.15) is 10.2 Å². The first kappa shape index (κ1) is 15.9. The second-order valence-electron chi connectivity index (χ2n) is 5.12. The van der Waals surface area contributed by atoms with Crippen LogP contribution < -0.4 is 0 Å². The minimum Gasteiger partial charge on any atom is -0.189 e. The molecule has 0 amide bonds. The predicted octanol–water partition coefficient (Wildman–Crippen LogP) is 5.30. The van der Waals surface area contributed by atoms with E-state index in [2.05, 4.69) is 47.7 Å². The summed E-state index contributed by atoms with van der Waals surface area (Å²) < 4.78 is 0. The summed E-state index contributed by atoms with van der Waals surface area (Å²) in [6.07, 6.45) is 5.57. The Bertz CT molecular complexity index is 599. The fraction of sp³-hybridized carbons (Fsp3) is 0.200. The van der Waals surface area contributed by atoms with Crippen molar-refractivity contribution in [2.75, 3.05) is 0 Å². The third kappa shape index (κ3) is 4.52. The molecule has 0 saturated carbocycles. The summed E-state index contributed by atoms with van der Waals surface area (Å²) in [5, 5.41) is 8.69. The van der Waals surface area contributed by atoms with E-state index in [1.165, 1.54) is 22.3 Å². The first-order chi connectivity index (χ1) is 10.8. The van der Waals surface area contributed by atoms with Crippen LogP contribution in [0.2, 0.25) is 0 Å². The van der Waals surface area contributed by atoms with Crippen LogP contribution in [-0.2, 0) is 25.9 Å². The Morgan fingerprint density at radius 2 is 1.00 bits per heavy atom. The zero-order chi connectivity index (χ0) is 15.6. The Hall–Kier alpha value is -2.48. The predicted molar refractivity (Wildman–Crippen MR) is 93.0 cm³/mol. The molecule has 2 rings (SSSR count). The molecule has 0 fully saturated rings. The van der Waals surface area contributed by atoms with Gasteiger partial charge in [0.2, 0.25) is 0 Å². The smallest absolute Gasteiger partial charge is 0.0852 e. The molecule has 0 aliphatic carbocycles. The van der Waals surface area contributed by atoms with E-state index in [0.29, 0.717) is 13.1 Å². The van der Waals surface area contributed by atoms with Crippen LogP contribution in [0.25, 0.3) is 0 Å². The van der Waals surface area contributed by atoms with Crippen molar-refractivity contribution in [1.82, 2.24) is 0 Å². The van der Waals surface area contributed by atoms with E-state index in [-0.39, 0.29) is 0 Å². The fourth-order valence-corrected chi connectivity index (χ4v) is 2.39. The van der Waals surface area contributed by atoms with Crippen molar-refractivity contribution in [2.24, 2.45) is 10.2 Å². The van der Waals surface area contributed by atoms with Crippen LogP contribution in [0.4, 0.5) is 0 Å². The molecular weight excluding hydrogens is 268 g/mol. The largest absolute Gasteiger partial charge is 0.189 e. The van der Waals surface area contributed by atoms with Crippen LogP contribution in [0, 0.1) is 0 Å². The Kier molecular flexibility index (Phi) is 6.31. The van der Waals surface area contributed by atoms with Crippen molar-refractivity contribution in [1.29, 1.82) is 0 Å². The van der Waals surface area contributed by atoms with E-state index in [1.807, 2.05) is 36.4 Å². The van der Waals surface area contributed by atoms with Crippen LogP contribution in [0.3, 0.4) is 0 Å². The molecule has 22 heavy (non-hydrogen) atoms. The number of hydrogen-bond acceptors (Lipinski definition) is 2. The molecule has 0 unspecified atom stereocenters. The average molecular weight is 290 g/mol. The van der Waals surface area contributed by atoms with E-state index in [1.54, 1.807) is 0 Å². The fourth-order valence-electron chi connectivity index (χ4n) is 2.39. The summed E-state index contributed by atoms with van der Waals surface area (Å²) in [6, 6.07) is 16.6. The lowest BCUT2D eigenvalue weighted by atomic mass is 10.0. The van der Waals surface area contributed by atoms with Gasteiger partial charge in [-0.05, 0) is 35.1 Å². The van der Waals surface area contributed by atoms with E-state index < -0.39 is 0 Å². The molecule has 0 saturated heterocycles. The molecule has 2 aromatic rings. The maximum Gasteiger partial charge on any atom is 0.0852 e.